The number of hydrogen-bond donors (Lipinski definition) is 0. The van der Waals surface area contributed by atoms with E-state index in [1.807, 2.05) is 36.5 Å². The van der Waals surface area contributed by atoms with Crippen LogP contribution in [0, 0.1) is 0 Å². The second-order valence-electron chi connectivity index (χ2n) is 10.0. The molecule has 0 bridgehead atoms. The van der Waals surface area contributed by atoms with Gasteiger partial charge in [-0.25, -0.2) is 15.0 Å². The van der Waals surface area contributed by atoms with Crippen molar-refractivity contribution in [3.8, 4) is 34.0 Å². The minimum absolute atomic E-state index is 0.786. The first kappa shape index (κ1) is 22.5. The van der Waals surface area contributed by atoms with Gasteiger partial charge in [0.05, 0.1) is 39.5 Å². The monoisotopic (exact) mass is 510 g/mol. The molecule has 0 saturated carbocycles. The molecule has 8 rings (SSSR count). The summed E-state index contributed by atoms with van der Waals surface area (Å²) in [5.41, 5.74) is 6.94. The highest BCUT2D eigenvalue weighted by Crippen LogP contribution is 2.31. The van der Waals surface area contributed by atoms with Crippen LogP contribution in [0.2, 0.25) is 0 Å². The molecule has 4 aromatic carbocycles. The van der Waals surface area contributed by atoms with Gasteiger partial charge in [0.1, 0.15) is 0 Å². The Bertz CT molecular complexity index is 2080. The van der Waals surface area contributed by atoms with Crippen LogP contribution in [0.1, 0.15) is 0 Å². The molecule has 4 nitrogen and oxygen atoms in total. The molecule has 0 fully saturated rings. The van der Waals surface area contributed by atoms with Gasteiger partial charge in [-0.1, -0.05) is 66.7 Å². The van der Waals surface area contributed by atoms with Crippen LogP contribution in [-0.2, 0) is 0 Å². The van der Waals surface area contributed by atoms with E-state index in [0.717, 1.165) is 55.8 Å². The van der Waals surface area contributed by atoms with Crippen LogP contribution in [0.5, 0.6) is 0 Å². The summed E-state index contributed by atoms with van der Waals surface area (Å²) in [4.78, 5) is 19.8. The molecule has 4 heterocycles. The molecule has 0 spiro atoms. The summed E-state index contributed by atoms with van der Waals surface area (Å²) in [5, 5.41) is 6.96. The molecule has 8 aromatic rings. The summed E-state index contributed by atoms with van der Waals surface area (Å²) in [6, 6.07) is 43.8. The fraction of sp³-hybridized carbons (Fsp3) is 0. The van der Waals surface area contributed by atoms with Crippen molar-refractivity contribution in [1.82, 2.24) is 19.9 Å². The second kappa shape index (κ2) is 9.07. The smallest absolute Gasteiger partial charge is 0.0901 e. The molecule has 4 heteroatoms. The van der Waals surface area contributed by atoms with E-state index in [0.29, 0.717) is 0 Å². The minimum atomic E-state index is 0.786. The standard InChI is InChI=1S/C36H22N4/c1-3-9-25-19-33-27(17-23(25)7-1)12-14-31(38-33)35-21-29(30-11-5-6-16-37-30)22-36(40-35)32-15-13-28-18-24-8-2-4-10-26(24)20-34(28)39-32/h1-22H. The van der Waals surface area contributed by atoms with E-state index in [4.69, 9.17) is 15.0 Å². The Kier molecular flexibility index (Phi) is 5.10. The predicted molar refractivity (Wildman–Crippen MR) is 164 cm³/mol. The van der Waals surface area contributed by atoms with E-state index in [-0.39, 0.29) is 0 Å². The first-order valence-corrected chi connectivity index (χ1v) is 13.3. The fourth-order valence-corrected chi connectivity index (χ4v) is 5.38. The fourth-order valence-electron chi connectivity index (χ4n) is 5.38. The first-order chi connectivity index (χ1) is 19.8. The van der Waals surface area contributed by atoms with Gasteiger partial charge in [0.2, 0.25) is 0 Å². The molecular formula is C36H22N4. The number of aromatic nitrogens is 4. The number of nitrogens with zero attached hydrogens (tertiary/aromatic N) is 4. The lowest BCUT2D eigenvalue weighted by atomic mass is 10.0. The second-order valence-corrected chi connectivity index (χ2v) is 10.0. The van der Waals surface area contributed by atoms with Crippen molar-refractivity contribution in [1.29, 1.82) is 0 Å². The van der Waals surface area contributed by atoms with E-state index in [9.17, 15) is 0 Å². The van der Waals surface area contributed by atoms with Gasteiger partial charge in [0.25, 0.3) is 0 Å². The highest BCUT2D eigenvalue weighted by Gasteiger charge is 2.13. The summed E-state index contributed by atoms with van der Waals surface area (Å²) in [6.45, 7) is 0. The van der Waals surface area contributed by atoms with Crippen LogP contribution in [0.15, 0.2) is 134 Å². The van der Waals surface area contributed by atoms with Crippen LogP contribution in [-0.4, -0.2) is 19.9 Å². The van der Waals surface area contributed by atoms with E-state index in [2.05, 4.69) is 102 Å². The largest absolute Gasteiger partial charge is 0.256 e. The SMILES string of the molecule is c1ccc(-c2cc(-c3ccc4cc5ccccc5cc4n3)nc(-c3ccc4cc5ccccc5cc4n3)c2)nc1. The van der Waals surface area contributed by atoms with Gasteiger partial charge in [-0.3, -0.25) is 4.98 Å². The van der Waals surface area contributed by atoms with Crippen LogP contribution in [0.4, 0.5) is 0 Å². The molecule has 0 saturated heterocycles. The molecule has 0 aliphatic carbocycles. The molecule has 186 valence electrons. The van der Waals surface area contributed by atoms with E-state index in [1.54, 1.807) is 0 Å². The van der Waals surface area contributed by atoms with Gasteiger partial charge in [0, 0.05) is 22.5 Å². The minimum Gasteiger partial charge on any atom is -0.256 e. The first-order valence-electron chi connectivity index (χ1n) is 13.3. The van der Waals surface area contributed by atoms with E-state index < -0.39 is 0 Å². The molecule has 0 amide bonds. The Balaban J connectivity index is 1.31. The molecule has 0 aliphatic heterocycles. The number of rotatable bonds is 3. The zero-order valence-electron chi connectivity index (χ0n) is 21.5. The molecule has 0 N–H and O–H groups in total. The summed E-state index contributed by atoms with van der Waals surface area (Å²) < 4.78 is 0. The highest BCUT2D eigenvalue weighted by atomic mass is 14.8. The van der Waals surface area contributed by atoms with Crippen molar-refractivity contribution in [3.63, 3.8) is 0 Å². The average molecular weight is 511 g/mol. The Morgan fingerprint density at radius 2 is 0.825 bits per heavy atom. The van der Waals surface area contributed by atoms with Gasteiger partial charge in [-0.15, -0.1) is 0 Å². The summed E-state index contributed by atoms with van der Waals surface area (Å²) >= 11 is 0. The lowest BCUT2D eigenvalue weighted by Crippen LogP contribution is -1.96. The van der Waals surface area contributed by atoms with Gasteiger partial charge in [-0.2, -0.15) is 0 Å². The molecule has 40 heavy (non-hydrogen) atoms. The van der Waals surface area contributed by atoms with Gasteiger partial charge in [-0.05, 0) is 82.2 Å². The van der Waals surface area contributed by atoms with Crippen LogP contribution in [0.25, 0.3) is 77.4 Å². The lowest BCUT2D eigenvalue weighted by Gasteiger charge is -2.11. The van der Waals surface area contributed by atoms with Crippen LogP contribution < -0.4 is 0 Å². The quantitative estimate of drug-likeness (QED) is 0.223. The Morgan fingerprint density at radius 3 is 1.32 bits per heavy atom. The number of hydrogen-bond acceptors (Lipinski definition) is 4. The van der Waals surface area contributed by atoms with Crippen molar-refractivity contribution in [2.24, 2.45) is 0 Å². The van der Waals surface area contributed by atoms with E-state index in [1.165, 1.54) is 21.5 Å². The number of pyridine rings is 4. The summed E-state index contributed by atoms with van der Waals surface area (Å²) in [6.07, 6.45) is 1.81. The Morgan fingerprint density at radius 1 is 0.325 bits per heavy atom. The van der Waals surface area contributed by atoms with Crippen molar-refractivity contribution < 1.29 is 0 Å². The molecular weight excluding hydrogens is 488 g/mol. The molecule has 0 unspecified atom stereocenters. The number of fused-ring (bicyclic) bond motifs is 4. The molecule has 0 atom stereocenters. The van der Waals surface area contributed by atoms with Crippen molar-refractivity contribution in [2.45, 2.75) is 0 Å². The predicted octanol–water partition coefficient (Wildman–Crippen LogP) is 8.88. The van der Waals surface area contributed by atoms with Crippen molar-refractivity contribution >= 4 is 43.4 Å². The third kappa shape index (κ3) is 3.94. The third-order valence-corrected chi connectivity index (χ3v) is 7.42. The molecule has 0 radical (unpaired) electrons. The normalized spacial score (nSPS) is 11.5. The number of benzene rings is 4. The van der Waals surface area contributed by atoms with Crippen LogP contribution >= 0.6 is 0 Å². The highest BCUT2D eigenvalue weighted by molar-refractivity contribution is 5.98. The maximum absolute atomic E-state index is 5.08. The average Bonchev–Trinajstić information content (AvgIpc) is 3.02. The zero-order valence-corrected chi connectivity index (χ0v) is 21.5. The van der Waals surface area contributed by atoms with Crippen molar-refractivity contribution in [2.75, 3.05) is 0 Å². The Hall–Kier alpha value is -5.48. The Labute approximate surface area is 230 Å². The zero-order chi connectivity index (χ0) is 26.5. The summed E-state index contributed by atoms with van der Waals surface area (Å²) in [7, 11) is 0. The summed E-state index contributed by atoms with van der Waals surface area (Å²) in [5.74, 6) is 0. The molecule has 0 aliphatic rings. The van der Waals surface area contributed by atoms with Gasteiger partial charge in [0.15, 0.2) is 0 Å². The van der Waals surface area contributed by atoms with Gasteiger partial charge >= 0.3 is 0 Å². The third-order valence-electron chi connectivity index (χ3n) is 7.42. The van der Waals surface area contributed by atoms with Gasteiger partial charge < -0.3 is 0 Å². The topological polar surface area (TPSA) is 51.6 Å². The maximum atomic E-state index is 5.08. The van der Waals surface area contributed by atoms with E-state index >= 15 is 0 Å². The lowest BCUT2D eigenvalue weighted by molar-refractivity contribution is 1.24. The maximum Gasteiger partial charge on any atom is 0.0901 e. The molecule has 4 aromatic heterocycles. The van der Waals surface area contributed by atoms with Crippen molar-refractivity contribution in [3.05, 3.63) is 134 Å². The van der Waals surface area contributed by atoms with Crippen LogP contribution in [0.3, 0.4) is 0 Å².